The Hall–Kier alpha value is -2.67. The lowest BCUT2D eigenvalue weighted by atomic mass is 9.60. The number of nitrogens with zero attached hydrogens (tertiary/aromatic N) is 6. The molecule has 4 heterocycles. The molecule has 2 spiro atoms. The monoisotopic (exact) mass is 550 g/mol. The summed E-state index contributed by atoms with van der Waals surface area (Å²) in [5.41, 5.74) is -4.23. The van der Waals surface area contributed by atoms with E-state index in [1.807, 2.05) is 20.8 Å². The molecule has 2 aromatic rings. The number of carbonyl (C=O) groups excluding carboxylic acids is 1. The Morgan fingerprint density at radius 3 is 2.13 bits per heavy atom. The first-order valence-electron chi connectivity index (χ1n) is 13.0. The molecular weight excluding hydrogens is 521 g/mol. The Kier molecular flexibility index (Phi) is 5.09. The van der Waals surface area contributed by atoms with Gasteiger partial charge in [0.05, 0.1) is 10.9 Å². The molecule has 5 aliphatic rings. The van der Waals surface area contributed by atoms with Crippen molar-refractivity contribution in [2.45, 2.75) is 54.6 Å². The van der Waals surface area contributed by atoms with E-state index in [0.29, 0.717) is 18.5 Å². The summed E-state index contributed by atoms with van der Waals surface area (Å²) in [5.74, 6) is 1.54. The third kappa shape index (κ3) is 3.92. The zero-order valence-electron chi connectivity index (χ0n) is 20.8. The van der Waals surface area contributed by atoms with Crippen LogP contribution in [0, 0.1) is 10.8 Å². The summed E-state index contributed by atoms with van der Waals surface area (Å²) in [5, 5.41) is 4.66. The maximum absolute atomic E-state index is 12.9. The first-order valence-corrected chi connectivity index (χ1v) is 14.5. The van der Waals surface area contributed by atoms with Crippen molar-refractivity contribution >= 4 is 15.9 Å². The molecule has 2 saturated carbocycles. The van der Waals surface area contributed by atoms with Gasteiger partial charge >= 0.3 is 11.5 Å². The van der Waals surface area contributed by atoms with Crippen molar-refractivity contribution in [1.82, 2.24) is 29.5 Å². The van der Waals surface area contributed by atoms with Crippen LogP contribution in [0.5, 0.6) is 0 Å². The van der Waals surface area contributed by atoms with Crippen LogP contribution in [0.25, 0.3) is 0 Å². The Morgan fingerprint density at radius 1 is 0.947 bits per heavy atom. The summed E-state index contributed by atoms with van der Waals surface area (Å²) < 4.78 is 63.2. The Bertz CT molecular complexity index is 1360. The number of benzene rings is 1. The van der Waals surface area contributed by atoms with E-state index in [1.165, 1.54) is 25.0 Å². The van der Waals surface area contributed by atoms with Gasteiger partial charge in [0.2, 0.25) is 0 Å². The Balaban J connectivity index is 0.842. The number of alkyl halides is 3. The van der Waals surface area contributed by atoms with E-state index in [2.05, 4.69) is 15.0 Å². The van der Waals surface area contributed by atoms with Gasteiger partial charge in [-0.2, -0.15) is 18.3 Å². The van der Waals surface area contributed by atoms with Gasteiger partial charge in [0, 0.05) is 62.6 Å². The van der Waals surface area contributed by atoms with E-state index < -0.39 is 20.2 Å². The summed E-state index contributed by atoms with van der Waals surface area (Å²) in [7, 11) is -5.33. The molecule has 5 fully saturated rings. The van der Waals surface area contributed by atoms with Gasteiger partial charge in [0.1, 0.15) is 6.33 Å². The number of hydrogen-bond acceptors (Lipinski definition) is 6. The lowest BCUT2D eigenvalue weighted by Gasteiger charge is -2.63. The number of amides is 2. The Labute approximate surface area is 218 Å². The molecule has 0 N–H and O–H groups in total. The molecule has 7 rings (SSSR count). The summed E-state index contributed by atoms with van der Waals surface area (Å²) in [4.78, 5) is 22.7. The number of carbonyl (C=O) groups is 1. The maximum atomic E-state index is 12.9. The van der Waals surface area contributed by atoms with Gasteiger partial charge in [-0.25, -0.2) is 22.9 Å². The normalized spacial score (nSPS) is 24.6. The largest absolute Gasteiger partial charge is 0.501 e. The lowest BCUT2D eigenvalue weighted by Crippen LogP contribution is -2.75. The number of hydrogen-bond donors (Lipinski definition) is 0. The standard InChI is InChI=1S/C25H29F3N6O3S/c26-25(27,28)38(36,37)20-5-1-17(2-6-20)9-31-10-24(11-31)14-33(15-24)22(35)32-12-23(13-32)7-19(8-23)34-16-29-21(30-34)18-3-4-18/h1-2,5-6,16,18-19H,3-4,7-15H2. The number of sulfone groups is 1. The molecule has 0 atom stereocenters. The van der Waals surface area contributed by atoms with Crippen LogP contribution in [0.2, 0.25) is 0 Å². The van der Waals surface area contributed by atoms with Crippen LogP contribution in [-0.2, 0) is 16.4 Å². The second-order valence-electron chi connectivity index (χ2n) is 12.2. The molecule has 204 valence electrons. The van der Waals surface area contributed by atoms with Crippen molar-refractivity contribution in [3.63, 3.8) is 0 Å². The number of urea groups is 1. The summed E-state index contributed by atoms with van der Waals surface area (Å²) in [6.07, 6.45) is 6.35. The second-order valence-corrected chi connectivity index (χ2v) is 14.1. The molecule has 0 bridgehead atoms. The van der Waals surface area contributed by atoms with E-state index in [1.54, 1.807) is 0 Å². The zero-order chi connectivity index (χ0) is 26.5. The highest BCUT2D eigenvalue weighted by Crippen LogP contribution is 2.54. The maximum Gasteiger partial charge on any atom is 0.501 e. The predicted octanol–water partition coefficient (Wildman–Crippen LogP) is 3.02. The third-order valence-corrected chi connectivity index (χ3v) is 10.4. The minimum absolute atomic E-state index is 0.0890. The predicted molar refractivity (Wildman–Crippen MR) is 129 cm³/mol. The van der Waals surface area contributed by atoms with Crippen LogP contribution >= 0.6 is 0 Å². The van der Waals surface area contributed by atoms with E-state index in [0.717, 1.165) is 75.6 Å². The van der Waals surface area contributed by atoms with Crippen LogP contribution in [0.3, 0.4) is 0 Å². The SMILES string of the molecule is O=C(N1CC2(CC(n3cnc(C4CC4)n3)C2)C1)N1CC2(CN(Cc3ccc(S(=O)(=O)C(F)(F)F)cc3)C2)C1. The van der Waals surface area contributed by atoms with Gasteiger partial charge in [-0.15, -0.1) is 0 Å². The number of aromatic nitrogens is 3. The van der Waals surface area contributed by atoms with E-state index >= 15 is 0 Å². The number of rotatable bonds is 5. The van der Waals surface area contributed by atoms with Crippen molar-refractivity contribution in [1.29, 1.82) is 0 Å². The Morgan fingerprint density at radius 2 is 1.55 bits per heavy atom. The van der Waals surface area contributed by atoms with E-state index in [-0.39, 0.29) is 16.9 Å². The van der Waals surface area contributed by atoms with Crippen LogP contribution < -0.4 is 0 Å². The number of halogens is 3. The van der Waals surface area contributed by atoms with Gasteiger partial charge in [-0.05, 0) is 43.4 Å². The molecule has 0 unspecified atom stereocenters. The highest BCUT2D eigenvalue weighted by Gasteiger charge is 2.58. The molecule has 2 amide bonds. The molecule has 0 radical (unpaired) electrons. The zero-order valence-corrected chi connectivity index (χ0v) is 21.6. The van der Waals surface area contributed by atoms with Crippen LogP contribution in [0.15, 0.2) is 35.5 Å². The van der Waals surface area contributed by atoms with E-state index in [4.69, 9.17) is 0 Å². The minimum Gasteiger partial charge on any atom is -0.323 e. The molecule has 1 aromatic carbocycles. The van der Waals surface area contributed by atoms with Crippen molar-refractivity contribution < 1.29 is 26.4 Å². The first-order chi connectivity index (χ1) is 17.9. The summed E-state index contributed by atoms with van der Waals surface area (Å²) >= 11 is 0. The molecule has 38 heavy (non-hydrogen) atoms. The smallest absolute Gasteiger partial charge is 0.323 e. The second kappa shape index (κ2) is 7.93. The van der Waals surface area contributed by atoms with Crippen LogP contribution in [0.1, 0.15) is 49.0 Å². The summed E-state index contributed by atoms with van der Waals surface area (Å²) in [6, 6.07) is 5.39. The molecule has 13 heteroatoms. The van der Waals surface area contributed by atoms with Crippen LogP contribution in [-0.4, -0.2) is 88.7 Å². The van der Waals surface area contributed by atoms with Gasteiger partial charge < -0.3 is 9.80 Å². The fourth-order valence-electron chi connectivity index (χ4n) is 6.76. The van der Waals surface area contributed by atoms with E-state index in [9.17, 15) is 26.4 Å². The fourth-order valence-corrected chi connectivity index (χ4v) is 7.52. The fraction of sp³-hybridized carbons (Fsp3) is 0.640. The van der Waals surface area contributed by atoms with Crippen molar-refractivity contribution in [3.05, 3.63) is 42.0 Å². The lowest BCUT2D eigenvalue weighted by molar-refractivity contribution is -0.120. The number of likely N-dealkylation sites (tertiary alicyclic amines) is 3. The van der Waals surface area contributed by atoms with Crippen molar-refractivity contribution in [2.24, 2.45) is 10.8 Å². The molecule has 9 nitrogen and oxygen atoms in total. The average molecular weight is 551 g/mol. The molecule has 1 aromatic heterocycles. The van der Waals surface area contributed by atoms with Crippen LogP contribution in [0.4, 0.5) is 18.0 Å². The minimum atomic E-state index is -5.33. The summed E-state index contributed by atoms with van der Waals surface area (Å²) in [6.45, 7) is 5.22. The highest BCUT2D eigenvalue weighted by atomic mass is 32.2. The highest BCUT2D eigenvalue weighted by molar-refractivity contribution is 7.92. The van der Waals surface area contributed by atoms with Gasteiger partial charge in [-0.3, -0.25) is 4.90 Å². The molecule has 2 aliphatic carbocycles. The molecule has 3 saturated heterocycles. The van der Waals surface area contributed by atoms with Gasteiger partial charge in [0.25, 0.3) is 9.84 Å². The van der Waals surface area contributed by atoms with Gasteiger partial charge in [0.15, 0.2) is 5.82 Å². The van der Waals surface area contributed by atoms with Gasteiger partial charge in [-0.1, -0.05) is 12.1 Å². The van der Waals surface area contributed by atoms with Crippen molar-refractivity contribution in [3.8, 4) is 0 Å². The first kappa shape index (κ1) is 24.4. The quantitative estimate of drug-likeness (QED) is 0.569. The van der Waals surface area contributed by atoms with Crippen molar-refractivity contribution in [2.75, 3.05) is 39.3 Å². The molecular formula is C25H29F3N6O3S. The molecule has 3 aliphatic heterocycles. The average Bonchev–Trinajstić information content (AvgIpc) is 3.49. The topological polar surface area (TPSA) is 91.6 Å². The third-order valence-electron chi connectivity index (χ3n) is 8.89.